The standard InChI is InChI=1S/C23H28F3N5O2S/c24-23(25,26)20-14-5-1-3-7-16(14)31(30-20)12-18(32)29-22-19(15-6-2-4-8-17(15)34-22)21(33)28-13-9-10-27-11-13/h13,27H,1-12H2,(H,28,33)(H,29,32)/t13-/m1/s1. The minimum atomic E-state index is -4.55. The fourth-order valence-corrected chi connectivity index (χ4v) is 6.56. The van der Waals surface area contributed by atoms with E-state index in [1.807, 2.05) is 0 Å². The monoisotopic (exact) mass is 495 g/mol. The van der Waals surface area contributed by atoms with Gasteiger partial charge in [0.1, 0.15) is 11.5 Å². The van der Waals surface area contributed by atoms with Crippen LogP contribution in [0.1, 0.15) is 69.9 Å². The highest BCUT2D eigenvalue weighted by molar-refractivity contribution is 7.17. The third-order valence-corrected chi connectivity index (χ3v) is 8.07. The zero-order valence-electron chi connectivity index (χ0n) is 18.8. The minimum Gasteiger partial charge on any atom is -0.348 e. The van der Waals surface area contributed by atoms with E-state index in [2.05, 4.69) is 21.0 Å². The Morgan fingerprint density at radius 2 is 1.82 bits per heavy atom. The molecule has 3 aliphatic rings. The Balaban J connectivity index is 1.38. The van der Waals surface area contributed by atoms with Gasteiger partial charge >= 0.3 is 6.18 Å². The van der Waals surface area contributed by atoms with Crippen LogP contribution in [0.5, 0.6) is 0 Å². The van der Waals surface area contributed by atoms with Gasteiger partial charge in [-0.25, -0.2) is 0 Å². The summed E-state index contributed by atoms with van der Waals surface area (Å²) in [4.78, 5) is 27.2. The molecule has 7 nitrogen and oxygen atoms in total. The molecule has 0 saturated carbocycles. The van der Waals surface area contributed by atoms with Crippen LogP contribution in [-0.2, 0) is 43.2 Å². The second kappa shape index (κ2) is 9.33. The number of aromatic nitrogens is 2. The molecule has 2 aromatic rings. The van der Waals surface area contributed by atoms with Crippen molar-refractivity contribution >= 4 is 28.2 Å². The number of nitrogens with zero attached hydrogens (tertiary/aromatic N) is 2. The van der Waals surface area contributed by atoms with Crippen molar-refractivity contribution in [2.24, 2.45) is 0 Å². The van der Waals surface area contributed by atoms with E-state index in [1.54, 1.807) is 0 Å². The van der Waals surface area contributed by atoms with Gasteiger partial charge in [0, 0.05) is 28.7 Å². The molecule has 0 bridgehead atoms. The van der Waals surface area contributed by atoms with E-state index in [-0.39, 0.29) is 24.1 Å². The number of anilines is 1. The lowest BCUT2D eigenvalue weighted by molar-refractivity contribution is -0.142. The first-order valence-corrected chi connectivity index (χ1v) is 12.7. The first-order valence-electron chi connectivity index (χ1n) is 11.9. The number of hydrogen-bond donors (Lipinski definition) is 3. The lowest BCUT2D eigenvalue weighted by Gasteiger charge is -2.16. The summed E-state index contributed by atoms with van der Waals surface area (Å²) in [6.45, 7) is 1.25. The molecule has 34 heavy (non-hydrogen) atoms. The van der Waals surface area contributed by atoms with Gasteiger partial charge in [0.25, 0.3) is 5.91 Å². The highest BCUT2D eigenvalue weighted by Gasteiger charge is 2.39. The zero-order valence-corrected chi connectivity index (χ0v) is 19.6. The SMILES string of the molecule is O=C(Cn1nc(C(F)(F)F)c2c1CCCC2)Nc1sc2c(c1C(=O)N[C@@H]1CCNC1)CCCC2. The molecule has 3 N–H and O–H groups in total. The topological polar surface area (TPSA) is 88.0 Å². The van der Waals surface area contributed by atoms with Gasteiger partial charge < -0.3 is 16.0 Å². The summed E-state index contributed by atoms with van der Waals surface area (Å²) in [5.41, 5.74) is 1.32. The van der Waals surface area contributed by atoms with Crippen LogP contribution in [-0.4, -0.2) is 40.7 Å². The fourth-order valence-electron chi connectivity index (χ4n) is 5.26. The van der Waals surface area contributed by atoms with Gasteiger partial charge in [-0.3, -0.25) is 14.3 Å². The number of rotatable bonds is 5. The average Bonchev–Trinajstić information content (AvgIpc) is 3.51. The molecule has 0 aromatic carbocycles. The number of thiophene rings is 1. The fraction of sp³-hybridized carbons (Fsp3) is 0.609. The molecule has 2 aromatic heterocycles. The normalized spacial score (nSPS) is 20.0. The molecule has 11 heteroatoms. The van der Waals surface area contributed by atoms with Crippen molar-refractivity contribution in [2.45, 2.75) is 76.6 Å². The quantitative estimate of drug-likeness (QED) is 0.593. The predicted molar refractivity (Wildman–Crippen MR) is 122 cm³/mol. The van der Waals surface area contributed by atoms with Gasteiger partial charge in [-0.05, 0) is 69.9 Å². The Hall–Kier alpha value is -2.40. The lowest BCUT2D eigenvalue weighted by atomic mass is 9.95. The summed E-state index contributed by atoms with van der Waals surface area (Å²) >= 11 is 1.41. The van der Waals surface area contributed by atoms with Crippen molar-refractivity contribution < 1.29 is 22.8 Å². The third kappa shape index (κ3) is 4.59. The largest absolute Gasteiger partial charge is 0.435 e. The summed E-state index contributed by atoms with van der Waals surface area (Å²) in [7, 11) is 0. The van der Waals surface area contributed by atoms with Crippen molar-refractivity contribution in [3.63, 3.8) is 0 Å². The smallest absolute Gasteiger partial charge is 0.348 e. The molecule has 1 saturated heterocycles. The maximum absolute atomic E-state index is 13.5. The molecule has 0 radical (unpaired) electrons. The highest BCUT2D eigenvalue weighted by Crippen LogP contribution is 2.39. The molecule has 2 amide bonds. The van der Waals surface area contributed by atoms with Crippen LogP contribution in [0.25, 0.3) is 0 Å². The van der Waals surface area contributed by atoms with Gasteiger partial charge in [-0.15, -0.1) is 11.3 Å². The number of carbonyl (C=O) groups excluding carboxylic acids is 2. The van der Waals surface area contributed by atoms with Crippen molar-refractivity contribution in [1.82, 2.24) is 20.4 Å². The molecule has 3 heterocycles. The summed E-state index contributed by atoms with van der Waals surface area (Å²) in [5.74, 6) is -0.668. The number of halogens is 3. The minimum absolute atomic E-state index is 0.0478. The second-order valence-corrected chi connectivity index (χ2v) is 10.4. The average molecular weight is 496 g/mol. The van der Waals surface area contributed by atoms with Crippen LogP contribution in [0.15, 0.2) is 0 Å². The highest BCUT2D eigenvalue weighted by atomic mass is 32.1. The van der Waals surface area contributed by atoms with Crippen molar-refractivity contribution in [3.8, 4) is 0 Å². The van der Waals surface area contributed by atoms with E-state index < -0.39 is 17.8 Å². The Bertz CT molecular complexity index is 1100. The summed E-state index contributed by atoms with van der Waals surface area (Å²) in [6, 6.07) is 0.0478. The van der Waals surface area contributed by atoms with Crippen LogP contribution < -0.4 is 16.0 Å². The number of fused-ring (bicyclic) bond motifs is 2. The first kappa shape index (κ1) is 23.3. The third-order valence-electron chi connectivity index (χ3n) is 6.87. The molecule has 0 spiro atoms. The summed E-state index contributed by atoms with van der Waals surface area (Å²) in [5, 5.41) is 13.4. The maximum Gasteiger partial charge on any atom is 0.435 e. The van der Waals surface area contributed by atoms with E-state index in [9.17, 15) is 22.8 Å². The van der Waals surface area contributed by atoms with Crippen molar-refractivity contribution in [2.75, 3.05) is 18.4 Å². The Kier molecular flexibility index (Phi) is 6.41. The first-order chi connectivity index (χ1) is 16.3. The van der Waals surface area contributed by atoms with Crippen LogP contribution in [0.4, 0.5) is 18.2 Å². The molecule has 184 valence electrons. The maximum atomic E-state index is 13.5. The van der Waals surface area contributed by atoms with E-state index in [1.165, 1.54) is 16.0 Å². The second-order valence-electron chi connectivity index (χ2n) is 9.26. The number of carbonyl (C=O) groups is 2. The molecule has 1 fully saturated rings. The van der Waals surface area contributed by atoms with Crippen LogP contribution in [0.2, 0.25) is 0 Å². The molecule has 1 atom stereocenters. The van der Waals surface area contributed by atoms with Gasteiger partial charge in [0.05, 0.1) is 5.56 Å². The summed E-state index contributed by atoms with van der Waals surface area (Å²) < 4.78 is 41.7. The van der Waals surface area contributed by atoms with E-state index in [0.29, 0.717) is 42.1 Å². The number of aryl methyl sites for hydroxylation is 1. The van der Waals surface area contributed by atoms with E-state index in [0.717, 1.165) is 55.5 Å². The van der Waals surface area contributed by atoms with Crippen LogP contribution in [0.3, 0.4) is 0 Å². The number of alkyl halides is 3. The molecular formula is C23H28F3N5O2S. The predicted octanol–water partition coefficient (Wildman–Crippen LogP) is 3.45. The molecular weight excluding hydrogens is 467 g/mol. The van der Waals surface area contributed by atoms with Crippen LogP contribution in [0, 0.1) is 0 Å². The molecule has 2 aliphatic carbocycles. The number of hydrogen-bond acceptors (Lipinski definition) is 5. The van der Waals surface area contributed by atoms with E-state index in [4.69, 9.17) is 0 Å². The summed E-state index contributed by atoms with van der Waals surface area (Å²) in [6.07, 6.45) is 2.24. The molecule has 0 unspecified atom stereocenters. The van der Waals surface area contributed by atoms with Gasteiger partial charge in [0.15, 0.2) is 5.69 Å². The Morgan fingerprint density at radius 1 is 1.09 bits per heavy atom. The van der Waals surface area contributed by atoms with Crippen molar-refractivity contribution in [3.05, 3.63) is 33.0 Å². The molecule has 5 rings (SSSR count). The van der Waals surface area contributed by atoms with Crippen molar-refractivity contribution in [1.29, 1.82) is 0 Å². The lowest BCUT2D eigenvalue weighted by Crippen LogP contribution is -2.37. The zero-order chi connectivity index (χ0) is 23.9. The number of amides is 2. The number of nitrogens with one attached hydrogen (secondary N) is 3. The Labute approximate surface area is 199 Å². The van der Waals surface area contributed by atoms with Crippen LogP contribution >= 0.6 is 11.3 Å². The van der Waals surface area contributed by atoms with Gasteiger partial charge in [-0.1, -0.05) is 0 Å². The van der Waals surface area contributed by atoms with Gasteiger partial charge in [-0.2, -0.15) is 18.3 Å². The van der Waals surface area contributed by atoms with E-state index >= 15 is 0 Å². The Morgan fingerprint density at radius 3 is 2.56 bits per heavy atom. The van der Waals surface area contributed by atoms with Gasteiger partial charge in [0.2, 0.25) is 5.91 Å². The molecule has 1 aliphatic heterocycles.